The second kappa shape index (κ2) is 6.90. The molecular formula is C11H23NO3. The number of nitrogens with zero attached hydrogens (tertiary/aromatic N) is 1. The van der Waals surface area contributed by atoms with Crippen LogP contribution in [0.15, 0.2) is 5.18 Å². The first kappa shape index (κ1) is 14.5. The van der Waals surface area contributed by atoms with Crippen LogP contribution in [0.5, 0.6) is 0 Å². The van der Waals surface area contributed by atoms with Crippen molar-refractivity contribution in [3.05, 3.63) is 4.91 Å². The van der Waals surface area contributed by atoms with E-state index in [0.29, 0.717) is 19.1 Å². The van der Waals surface area contributed by atoms with Gasteiger partial charge in [-0.15, -0.1) is 0 Å². The molecule has 4 nitrogen and oxygen atoms in total. The maximum Gasteiger partial charge on any atom is 0.164 e. The Bertz CT molecular complexity index is 181. The first-order valence-corrected chi connectivity index (χ1v) is 5.46. The van der Waals surface area contributed by atoms with Crippen molar-refractivity contribution in [1.82, 2.24) is 0 Å². The number of hydrogen-bond donors (Lipinski definition) is 0. The monoisotopic (exact) mass is 217 g/mol. The predicted octanol–water partition coefficient (Wildman–Crippen LogP) is 2.81. The van der Waals surface area contributed by atoms with Gasteiger partial charge in [-0.2, -0.15) is 4.91 Å². The Morgan fingerprint density at radius 2 is 1.87 bits per heavy atom. The van der Waals surface area contributed by atoms with Gasteiger partial charge in [0, 0.05) is 12.0 Å². The fourth-order valence-electron chi connectivity index (χ4n) is 1.17. The van der Waals surface area contributed by atoms with Crippen molar-refractivity contribution in [1.29, 1.82) is 0 Å². The van der Waals surface area contributed by atoms with E-state index in [1.54, 1.807) is 0 Å². The molecule has 1 atom stereocenters. The number of hydrogen-bond acceptors (Lipinski definition) is 4. The van der Waals surface area contributed by atoms with Gasteiger partial charge >= 0.3 is 0 Å². The van der Waals surface area contributed by atoms with Gasteiger partial charge in [-0.3, -0.25) is 0 Å². The third-order valence-electron chi connectivity index (χ3n) is 2.01. The Morgan fingerprint density at radius 1 is 1.27 bits per heavy atom. The molecule has 0 fully saturated rings. The summed E-state index contributed by atoms with van der Waals surface area (Å²) in [4.78, 5) is 10.3. The van der Waals surface area contributed by atoms with E-state index in [0.717, 1.165) is 0 Å². The summed E-state index contributed by atoms with van der Waals surface area (Å²) < 4.78 is 11.1. The molecule has 0 bridgehead atoms. The summed E-state index contributed by atoms with van der Waals surface area (Å²) in [6.45, 7) is 11.3. The highest BCUT2D eigenvalue weighted by atomic mass is 16.7. The van der Waals surface area contributed by atoms with Gasteiger partial charge in [-0.05, 0) is 12.8 Å². The molecule has 0 heterocycles. The molecular weight excluding hydrogens is 194 g/mol. The van der Waals surface area contributed by atoms with Crippen molar-refractivity contribution in [2.75, 3.05) is 19.8 Å². The van der Waals surface area contributed by atoms with Crippen molar-refractivity contribution in [2.24, 2.45) is 16.5 Å². The Balaban J connectivity index is 4.28. The van der Waals surface area contributed by atoms with Gasteiger partial charge in [0.25, 0.3) is 0 Å². The van der Waals surface area contributed by atoms with Crippen molar-refractivity contribution < 1.29 is 9.47 Å². The van der Waals surface area contributed by atoms with Gasteiger partial charge in [-0.1, -0.05) is 32.9 Å². The molecule has 0 rings (SSSR count). The molecule has 0 saturated heterocycles. The lowest BCUT2D eigenvalue weighted by atomic mass is 9.93. The molecule has 15 heavy (non-hydrogen) atoms. The summed E-state index contributed by atoms with van der Waals surface area (Å²) in [5.41, 5.74) is -0.368. The summed E-state index contributed by atoms with van der Waals surface area (Å²) in [6, 6.07) is 0. The Morgan fingerprint density at radius 3 is 2.27 bits per heavy atom. The lowest BCUT2D eigenvalue weighted by Crippen LogP contribution is -2.37. The molecule has 0 aliphatic carbocycles. The van der Waals surface area contributed by atoms with E-state index >= 15 is 0 Å². The van der Waals surface area contributed by atoms with Crippen molar-refractivity contribution >= 4 is 0 Å². The van der Waals surface area contributed by atoms with Gasteiger partial charge in [0.1, 0.15) is 0 Å². The second-order valence-electron chi connectivity index (χ2n) is 4.79. The summed E-state index contributed by atoms with van der Waals surface area (Å²) in [7, 11) is 0. The molecule has 90 valence electrons. The summed E-state index contributed by atoms with van der Waals surface area (Å²) in [5, 5.41) is 2.93. The summed E-state index contributed by atoms with van der Waals surface area (Å²) >= 11 is 0. The highest BCUT2D eigenvalue weighted by Crippen LogP contribution is 2.25. The third-order valence-corrected chi connectivity index (χ3v) is 2.01. The quantitative estimate of drug-likeness (QED) is 0.464. The largest absolute Gasteiger partial charge is 0.352 e. The summed E-state index contributed by atoms with van der Waals surface area (Å²) in [5.74, 6) is 0.452. The van der Waals surface area contributed by atoms with E-state index in [4.69, 9.17) is 9.47 Å². The van der Waals surface area contributed by atoms with Crippen LogP contribution in [0, 0.1) is 16.2 Å². The van der Waals surface area contributed by atoms with Crippen LogP contribution < -0.4 is 0 Å². The molecule has 0 aliphatic rings. The van der Waals surface area contributed by atoms with Gasteiger partial charge < -0.3 is 9.47 Å². The first-order valence-electron chi connectivity index (χ1n) is 5.46. The molecule has 0 aromatic heterocycles. The van der Waals surface area contributed by atoms with Crippen molar-refractivity contribution in [3.8, 4) is 0 Å². The number of rotatable bonds is 8. The molecule has 4 heteroatoms. The lowest BCUT2D eigenvalue weighted by molar-refractivity contribution is -0.198. The van der Waals surface area contributed by atoms with E-state index in [2.05, 4.69) is 19.0 Å². The normalized spacial score (nSPS) is 14.3. The van der Waals surface area contributed by atoms with E-state index in [1.807, 2.05) is 20.8 Å². The Labute approximate surface area is 92.3 Å². The van der Waals surface area contributed by atoms with Crippen LogP contribution in [0.2, 0.25) is 0 Å². The minimum Gasteiger partial charge on any atom is -0.352 e. The number of ether oxygens (including phenoxy) is 2. The molecule has 1 unspecified atom stereocenters. The Hall–Kier alpha value is -0.480. The second-order valence-corrected chi connectivity index (χ2v) is 4.79. The van der Waals surface area contributed by atoms with Crippen molar-refractivity contribution in [3.63, 3.8) is 0 Å². The predicted molar refractivity (Wildman–Crippen MR) is 60.6 cm³/mol. The molecule has 0 aromatic rings. The molecule has 0 amide bonds. The Kier molecular flexibility index (Phi) is 6.68. The van der Waals surface area contributed by atoms with E-state index in [1.165, 1.54) is 0 Å². The molecule has 0 saturated carbocycles. The fourth-order valence-corrected chi connectivity index (χ4v) is 1.17. The van der Waals surface area contributed by atoms with Gasteiger partial charge in [-0.25, -0.2) is 0 Å². The number of nitroso groups, excluding NO2 is 1. The molecule has 0 spiro atoms. The smallest absolute Gasteiger partial charge is 0.164 e. The SMILES string of the molecule is CCOC(OCC(C)C)C(C)(C)CN=O. The van der Waals surface area contributed by atoms with E-state index in [-0.39, 0.29) is 18.2 Å². The minimum absolute atomic E-state index is 0.204. The maximum atomic E-state index is 10.3. The maximum absolute atomic E-state index is 10.3. The van der Waals surface area contributed by atoms with Crippen LogP contribution >= 0.6 is 0 Å². The van der Waals surface area contributed by atoms with Crippen LogP contribution in [0.1, 0.15) is 34.6 Å². The zero-order chi connectivity index (χ0) is 11.9. The van der Waals surface area contributed by atoms with Gasteiger partial charge in [0.15, 0.2) is 6.29 Å². The van der Waals surface area contributed by atoms with Crippen LogP contribution in [0.25, 0.3) is 0 Å². The van der Waals surface area contributed by atoms with E-state index < -0.39 is 0 Å². The zero-order valence-corrected chi connectivity index (χ0v) is 10.4. The van der Waals surface area contributed by atoms with Crippen LogP contribution in [0.4, 0.5) is 0 Å². The highest BCUT2D eigenvalue weighted by Gasteiger charge is 2.31. The molecule has 0 aliphatic heterocycles. The van der Waals surface area contributed by atoms with Crippen LogP contribution in [-0.2, 0) is 9.47 Å². The topological polar surface area (TPSA) is 47.9 Å². The van der Waals surface area contributed by atoms with E-state index in [9.17, 15) is 4.91 Å². The molecule has 0 N–H and O–H groups in total. The average molecular weight is 217 g/mol. The fraction of sp³-hybridized carbons (Fsp3) is 1.00. The first-order chi connectivity index (χ1) is 6.94. The minimum atomic E-state index is -0.368. The molecule has 0 aromatic carbocycles. The van der Waals surface area contributed by atoms with Crippen LogP contribution in [0.3, 0.4) is 0 Å². The van der Waals surface area contributed by atoms with Gasteiger partial charge in [0.05, 0.1) is 13.2 Å². The van der Waals surface area contributed by atoms with Crippen LogP contribution in [-0.4, -0.2) is 26.0 Å². The highest BCUT2D eigenvalue weighted by molar-refractivity contribution is 4.75. The summed E-state index contributed by atoms with van der Waals surface area (Å²) in [6.07, 6.45) is -0.359. The zero-order valence-electron chi connectivity index (χ0n) is 10.4. The van der Waals surface area contributed by atoms with Gasteiger partial charge in [0.2, 0.25) is 0 Å². The third kappa shape index (κ3) is 5.85. The standard InChI is InChI=1S/C11H23NO3/c1-6-14-10(15-7-9(2)3)11(4,5)8-12-13/h9-10H,6-8H2,1-5H3. The average Bonchev–Trinajstić information content (AvgIpc) is 2.11. The lowest BCUT2D eigenvalue weighted by Gasteiger charge is -2.32. The van der Waals surface area contributed by atoms with Crippen molar-refractivity contribution in [2.45, 2.75) is 40.9 Å². The molecule has 0 radical (unpaired) electrons.